The molecule has 96 valence electrons. The Labute approximate surface area is 106 Å². The number of aliphatic imine (C=N–C) groups is 1. The number of hydrogen-bond acceptors (Lipinski definition) is 2. The van der Waals surface area contributed by atoms with E-state index in [-0.39, 0.29) is 0 Å². The summed E-state index contributed by atoms with van der Waals surface area (Å²) in [7, 11) is 0. The van der Waals surface area contributed by atoms with Crippen LogP contribution in [0.4, 0.5) is 5.69 Å². The van der Waals surface area contributed by atoms with Crippen LogP contribution in [0.2, 0.25) is 0 Å². The molecule has 0 radical (unpaired) electrons. The van der Waals surface area contributed by atoms with Gasteiger partial charge in [0.05, 0.1) is 0 Å². The van der Waals surface area contributed by atoms with Crippen LogP contribution in [0, 0.1) is 0 Å². The van der Waals surface area contributed by atoms with Crippen LogP contribution in [0.25, 0.3) is 0 Å². The topological polar surface area (TPSA) is 38.4 Å². The molecule has 0 heterocycles. The van der Waals surface area contributed by atoms with Crippen molar-refractivity contribution in [2.24, 2.45) is 4.99 Å². The highest BCUT2D eigenvalue weighted by Gasteiger charge is 1.99. The summed E-state index contributed by atoms with van der Waals surface area (Å²) in [5.74, 6) is 0. The molecule has 1 rings (SSSR count). The standard InChI is InChI=1S/C13H20N2.C2H6/c1-3-5-13(4-2)15-10-11-6-8-12(14)9-7-11;1-2/h6-10,13H,3-5,14H2,1-2H3;1-2H3. The highest BCUT2D eigenvalue weighted by molar-refractivity contribution is 5.80. The first kappa shape index (κ1) is 15.7. The van der Waals surface area contributed by atoms with Crippen molar-refractivity contribution in [3.8, 4) is 0 Å². The summed E-state index contributed by atoms with van der Waals surface area (Å²) in [5, 5.41) is 0. The fourth-order valence-corrected chi connectivity index (χ4v) is 1.49. The summed E-state index contributed by atoms with van der Waals surface area (Å²) in [4.78, 5) is 4.57. The van der Waals surface area contributed by atoms with Gasteiger partial charge in [-0.3, -0.25) is 4.99 Å². The number of hydrogen-bond donors (Lipinski definition) is 1. The lowest BCUT2D eigenvalue weighted by Crippen LogP contribution is -2.02. The minimum Gasteiger partial charge on any atom is -0.399 e. The number of nitrogens with zero attached hydrogens (tertiary/aromatic N) is 1. The van der Waals surface area contributed by atoms with Crippen LogP contribution in [0.15, 0.2) is 29.3 Å². The molecule has 0 saturated carbocycles. The maximum atomic E-state index is 5.61. The Morgan fingerprint density at radius 1 is 1.18 bits per heavy atom. The third-order valence-corrected chi connectivity index (χ3v) is 2.46. The maximum absolute atomic E-state index is 5.61. The van der Waals surface area contributed by atoms with E-state index in [4.69, 9.17) is 5.73 Å². The van der Waals surface area contributed by atoms with Gasteiger partial charge in [0.1, 0.15) is 0 Å². The maximum Gasteiger partial charge on any atom is 0.0497 e. The lowest BCUT2D eigenvalue weighted by molar-refractivity contribution is 0.591. The molecule has 0 amide bonds. The number of nitrogens with two attached hydrogens (primary N) is 1. The molecule has 0 fully saturated rings. The average molecular weight is 234 g/mol. The van der Waals surface area contributed by atoms with E-state index < -0.39 is 0 Å². The second-order valence-electron chi connectivity index (χ2n) is 3.80. The quantitative estimate of drug-likeness (QED) is 0.599. The largest absolute Gasteiger partial charge is 0.399 e. The van der Waals surface area contributed by atoms with Crippen LogP contribution in [0.1, 0.15) is 52.5 Å². The van der Waals surface area contributed by atoms with Gasteiger partial charge in [0.15, 0.2) is 0 Å². The lowest BCUT2D eigenvalue weighted by atomic mass is 10.1. The van der Waals surface area contributed by atoms with Crippen LogP contribution in [0.5, 0.6) is 0 Å². The summed E-state index contributed by atoms with van der Waals surface area (Å²) in [6, 6.07) is 8.27. The Bertz CT molecular complexity index is 301. The number of rotatable bonds is 5. The second-order valence-corrected chi connectivity index (χ2v) is 3.80. The normalized spacial score (nSPS) is 12.0. The van der Waals surface area contributed by atoms with Crippen LogP contribution in [-0.2, 0) is 0 Å². The van der Waals surface area contributed by atoms with Crippen LogP contribution < -0.4 is 5.73 Å². The highest BCUT2D eigenvalue weighted by Crippen LogP contribution is 2.07. The third kappa shape index (κ3) is 6.77. The van der Waals surface area contributed by atoms with Gasteiger partial charge in [-0.2, -0.15) is 0 Å². The van der Waals surface area contributed by atoms with E-state index in [0.29, 0.717) is 6.04 Å². The molecule has 0 aliphatic heterocycles. The van der Waals surface area contributed by atoms with Crippen molar-refractivity contribution in [3.05, 3.63) is 29.8 Å². The minimum atomic E-state index is 0.465. The molecular weight excluding hydrogens is 208 g/mol. The molecule has 0 spiro atoms. The molecule has 1 aromatic rings. The van der Waals surface area contributed by atoms with E-state index >= 15 is 0 Å². The van der Waals surface area contributed by atoms with Gasteiger partial charge in [-0.1, -0.05) is 46.2 Å². The summed E-state index contributed by atoms with van der Waals surface area (Å²) in [6.45, 7) is 8.38. The molecule has 0 aromatic heterocycles. The number of anilines is 1. The first-order valence-electron chi connectivity index (χ1n) is 6.65. The molecule has 1 aromatic carbocycles. The van der Waals surface area contributed by atoms with E-state index in [2.05, 4.69) is 18.8 Å². The molecule has 0 aliphatic carbocycles. The molecule has 2 N–H and O–H groups in total. The first-order valence-corrected chi connectivity index (χ1v) is 6.65. The average Bonchev–Trinajstić information content (AvgIpc) is 2.39. The summed E-state index contributed by atoms with van der Waals surface area (Å²) >= 11 is 0. The summed E-state index contributed by atoms with van der Waals surface area (Å²) in [6.07, 6.45) is 5.42. The van der Waals surface area contributed by atoms with Gasteiger partial charge in [-0.25, -0.2) is 0 Å². The van der Waals surface area contributed by atoms with Gasteiger partial charge in [0.25, 0.3) is 0 Å². The molecular formula is C15H26N2. The minimum absolute atomic E-state index is 0.465. The van der Waals surface area contributed by atoms with Crippen LogP contribution >= 0.6 is 0 Å². The molecule has 0 saturated heterocycles. The van der Waals surface area contributed by atoms with Gasteiger partial charge in [-0.05, 0) is 30.5 Å². The lowest BCUT2D eigenvalue weighted by Gasteiger charge is -2.06. The zero-order valence-corrected chi connectivity index (χ0v) is 11.6. The smallest absolute Gasteiger partial charge is 0.0497 e. The monoisotopic (exact) mass is 234 g/mol. The van der Waals surface area contributed by atoms with E-state index in [0.717, 1.165) is 17.7 Å². The van der Waals surface area contributed by atoms with Crippen LogP contribution in [-0.4, -0.2) is 12.3 Å². The van der Waals surface area contributed by atoms with Gasteiger partial charge in [-0.15, -0.1) is 0 Å². The molecule has 0 aliphatic rings. The predicted molar refractivity (Wildman–Crippen MR) is 78.8 cm³/mol. The molecule has 1 unspecified atom stereocenters. The molecule has 0 bridgehead atoms. The Morgan fingerprint density at radius 3 is 2.24 bits per heavy atom. The third-order valence-electron chi connectivity index (χ3n) is 2.46. The van der Waals surface area contributed by atoms with E-state index in [1.165, 1.54) is 12.8 Å². The van der Waals surface area contributed by atoms with Crippen molar-refractivity contribution in [1.82, 2.24) is 0 Å². The highest BCUT2D eigenvalue weighted by atomic mass is 14.8. The Morgan fingerprint density at radius 2 is 1.76 bits per heavy atom. The molecule has 2 heteroatoms. The van der Waals surface area contributed by atoms with Crippen molar-refractivity contribution in [2.75, 3.05) is 5.73 Å². The predicted octanol–water partition coefficient (Wildman–Crippen LogP) is 4.29. The van der Waals surface area contributed by atoms with Crippen molar-refractivity contribution in [3.63, 3.8) is 0 Å². The van der Waals surface area contributed by atoms with E-state index in [9.17, 15) is 0 Å². The summed E-state index contributed by atoms with van der Waals surface area (Å²) in [5.41, 5.74) is 7.53. The van der Waals surface area contributed by atoms with Gasteiger partial charge in [0, 0.05) is 17.9 Å². The Kier molecular flexibility index (Phi) is 9.12. The molecule has 17 heavy (non-hydrogen) atoms. The van der Waals surface area contributed by atoms with Gasteiger partial charge in [0.2, 0.25) is 0 Å². The summed E-state index contributed by atoms with van der Waals surface area (Å²) < 4.78 is 0. The number of nitrogen functional groups attached to an aromatic ring is 1. The molecule has 1 atom stereocenters. The number of benzene rings is 1. The Balaban J connectivity index is 0.00000121. The van der Waals surface area contributed by atoms with E-state index in [1.807, 2.05) is 44.3 Å². The fraction of sp³-hybridized carbons (Fsp3) is 0.533. The van der Waals surface area contributed by atoms with Crippen molar-refractivity contribution < 1.29 is 0 Å². The van der Waals surface area contributed by atoms with Crippen molar-refractivity contribution in [1.29, 1.82) is 0 Å². The van der Waals surface area contributed by atoms with Gasteiger partial charge < -0.3 is 5.73 Å². The van der Waals surface area contributed by atoms with Crippen molar-refractivity contribution in [2.45, 2.75) is 53.0 Å². The van der Waals surface area contributed by atoms with Crippen LogP contribution in [0.3, 0.4) is 0 Å². The van der Waals surface area contributed by atoms with E-state index in [1.54, 1.807) is 0 Å². The fourth-order valence-electron chi connectivity index (χ4n) is 1.49. The first-order chi connectivity index (χ1) is 8.26. The SMILES string of the molecule is CC.CCCC(CC)N=Cc1ccc(N)cc1. The molecule has 2 nitrogen and oxygen atoms in total. The zero-order valence-electron chi connectivity index (χ0n) is 11.6. The van der Waals surface area contributed by atoms with Crippen molar-refractivity contribution >= 4 is 11.9 Å². The van der Waals surface area contributed by atoms with Gasteiger partial charge >= 0.3 is 0 Å². The Hall–Kier alpha value is -1.31. The second kappa shape index (κ2) is 9.88. The zero-order chi connectivity index (χ0) is 13.1.